The van der Waals surface area contributed by atoms with Gasteiger partial charge in [-0.1, -0.05) is 65.5 Å². The number of ketones is 1. The van der Waals surface area contributed by atoms with Crippen molar-refractivity contribution < 1.29 is 29.1 Å². The second-order valence-electron chi connectivity index (χ2n) is 11.3. The average Bonchev–Trinajstić information content (AvgIpc) is 3.46. The van der Waals surface area contributed by atoms with Gasteiger partial charge in [0.2, 0.25) is 23.5 Å². The lowest BCUT2D eigenvalue weighted by Crippen LogP contribution is -2.59. The van der Waals surface area contributed by atoms with Crippen LogP contribution in [0.25, 0.3) is 0 Å². The molecule has 0 aromatic rings. The molecule has 2 aliphatic rings. The number of amides is 4. The minimum atomic E-state index is -1.24. The fourth-order valence-electron chi connectivity index (χ4n) is 5.10. The van der Waals surface area contributed by atoms with Crippen molar-refractivity contribution in [3.8, 4) is 0 Å². The molecule has 0 radical (unpaired) electrons. The molecule has 1 heterocycles. The highest BCUT2D eigenvalue weighted by Gasteiger charge is 2.42. The van der Waals surface area contributed by atoms with Crippen LogP contribution in [0.2, 0.25) is 0 Å². The summed E-state index contributed by atoms with van der Waals surface area (Å²) < 4.78 is 0. The lowest BCUT2D eigenvalue weighted by atomic mass is 9.83. The molecule has 4 N–H and O–H groups in total. The third-order valence-corrected chi connectivity index (χ3v) is 7.35. The van der Waals surface area contributed by atoms with E-state index in [4.69, 9.17) is 0 Å². The number of hydrogen-bond acceptors (Lipinski definition) is 6. The minimum Gasteiger partial charge on any atom is -0.383 e. The van der Waals surface area contributed by atoms with Crippen molar-refractivity contribution in [1.82, 2.24) is 20.9 Å². The number of hydrogen-bond donors (Lipinski definition) is 4. The highest BCUT2D eigenvalue weighted by Crippen LogP contribution is 2.29. The molecule has 1 saturated heterocycles. The van der Waals surface area contributed by atoms with E-state index in [1.165, 1.54) is 17.4 Å². The van der Waals surface area contributed by atoms with Gasteiger partial charge in [0.1, 0.15) is 18.2 Å². The highest BCUT2D eigenvalue weighted by molar-refractivity contribution is 6.38. The van der Waals surface area contributed by atoms with Gasteiger partial charge in [0, 0.05) is 13.1 Å². The number of carbonyl (C=O) groups excluding carboxylic acids is 5. The zero-order valence-corrected chi connectivity index (χ0v) is 25.5. The smallest absolute Gasteiger partial charge is 0.289 e. The Hall–Kier alpha value is -3.01. The van der Waals surface area contributed by atoms with Crippen LogP contribution in [0.5, 0.6) is 0 Å². The van der Waals surface area contributed by atoms with Crippen molar-refractivity contribution in [2.45, 2.75) is 116 Å². The van der Waals surface area contributed by atoms with Crippen LogP contribution in [0.3, 0.4) is 0 Å². The van der Waals surface area contributed by atoms with Gasteiger partial charge in [0.15, 0.2) is 0 Å². The van der Waals surface area contributed by atoms with E-state index in [-0.39, 0.29) is 30.7 Å². The Bertz CT molecular complexity index is 899. The van der Waals surface area contributed by atoms with Crippen molar-refractivity contribution >= 4 is 29.4 Å². The maximum atomic E-state index is 13.8. The van der Waals surface area contributed by atoms with Crippen molar-refractivity contribution in [3.63, 3.8) is 0 Å². The summed E-state index contributed by atoms with van der Waals surface area (Å²) in [5, 5.41) is 18.2. The first-order valence-electron chi connectivity index (χ1n) is 15.2. The van der Waals surface area contributed by atoms with Gasteiger partial charge < -0.3 is 26.0 Å². The third-order valence-electron chi connectivity index (χ3n) is 7.35. The molecule has 2 fully saturated rings. The van der Waals surface area contributed by atoms with Gasteiger partial charge >= 0.3 is 0 Å². The first-order valence-corrected chi connectivity index (χ1v) is 15.2. The van der Waals surface area contributed by atoms with Crippen molar-refractivity contribution in [2.75, 3.05) is 13.1 Å². The standard InChI is InChI=1S/C28H44N4O6.C3H8/c1-5-7-14-20(24(34)26(36)29-16-6-2)30-25(35)21-15-11-17-32(21)28(38)22(19-12-9-8-10-13-19)31-27(37)23(33)18(3)4;1-3-2/h5-6,18-23,33H,1-2,7-17H2,3-4H3,(H,29,36)(H,30,35)(H,31,37);3H2,1-2H3/t20?,21-,22-,23?;/m0./s1. The molecule has 0 spiro atoms. The number of allylic oxidation sites excluding steroid dienone is 1. The van der Waals surface area contributed by atoms with E-state index in [1.807, 2.05) is 0 Å². The van der Waals surface area contributed by atoms with E-state index in [9.17, 15) is 29.1 Å². The number of aliphatic hydroxyl groups excluding tert-OH is 1. The Morgan fingerprint density at radius 2 is 1.59 bits per heavy atom. The molecule has 232 valence electrons. The van der Waals surface area contributed by atoms with E-state index in [0.717, 1.165) is 32.1 Å². The van der Waals surface area contributed by atoms with E-state index < -0.39 is 47.7 Å². The van der Waals surface area contributed by atoms with Crippen molar-refractivity contribution in [2.24, 2.45) is 11.8 Å². The fraction of sp³-hybridized carbons (Fsp3) is 0.710. The predicted octanol–water partition coefficient (Wildman–Crippen LogP) is 2.80. The summed E-state index contributed by atoms with van der Waals surface area (Å²) >= 11 is 0. The first-order chi connectivity index (χ1) is 19.5. The molecule has 2 rings (SSSR count). The number of carbonyl (C=O) groups is 5. The lowest BCUT2D eigenvalue weighted by molar-refractivity contribution is -0.145. The van der Waals surface area contributed by atoms with Gasteiger partial charge in [-0.25, -0.2) is 0 Å². The topological polar surface area (TPSA) is 145 Å². The van der Waals surface area contributed by atoms with Crippen LogP contribution < -0.4 is 16.0 Å². The van der Waals surface area contributed by atoms with Crippen LogP contribution in [-0.2, 0) is 24.0 Å². The zero-order chi connectivity index (χ0) is 30.9. The number of Topliss-reactive ketones (excluding diaryl/α,β-unsaturated/α-hetero) is 1. The maximum Gasteiger partial charge on any atom is 0.289 e. The van der Waals surface area contributed by atoms with Crippen LogP contribution in [-0.4, -0.2) is 76.7 Å². The quantitative estimate of drug-likeness (QED) is 0.185. The number of likely N-dealkylation sites (tertiary alicyclic amines) is 1. The number of aliphatic hydroxyl groups is 1. The Kier molecular flexibility index (Phi) is 16.8. The molecule has 4 amide bonds. The molecular weight excluding hydrogens is 524 g/mol. The summed E-state index contributed by atoms with van der Waals surface area (Å²) in [6, 6.07) is -2.72. The fourth-order valence-corrected chi connectivity index (χ4v) is 5.10. The summed E-state index contributed by atoms with van der Waals surface area (Å²) in [5.41, 5.74) is 0. The second kappa shape index (κ2) is 19.2. The number of rotatable bonds is 14. The van der Waals surface area contributed by atoms with Gasteiger partial charge in [0.05, 0.1) is 6.04 Å². The summed E-state index contributed by atoms with van der Waals surface area (Å²) in [7, 11) is 0. The van der Waals surface area contributed by atoms with Crippen molar-refractivity contribution in [3.05, 3.63) is 25.3 Å². The predicted molar refractivity (Wildman–Crippen MR) is 160 cm³/mol. The normalized spacial score (nSPS) is 19.2. The SMILES string of the molecule is C=CCCC(NC(=O)[C@@H]1CCCN1C(=O)[C@@H](NC(=O)C(O)C(C)C)C1CCCCC1)C(=O)C(=O)NCC=C.CCC. The lowest BCUT2D eigenvalue weighted by Gasteiger charge is -2.35. The van der Waals surface area contributed by atoms with E-state index in [1.54, 1.807) is 19.9 Å². The number of nitrogens with zero attached hydrogens (tertiary/aromatic N) is 1. The second-order valence-corrected chi connectivity index (χ2v) is 11.3. The molecule has 4 atom stereocenters. The van der Waals surface area contributed by atoms with Gasteiger partial charge in [-0.2, -0.15) is 0 Å². The van der Waals surface area contributed by atoms with E-state index in [0.29, 0.717) is 25.8 Å². The summed E-state index contributed by atoms with van der Waals surface area (Å²) in [4.78, 5) is 66.3. The van der Waals surface area contributed by atoms with Crippen LogP contribution in [0.4, 0.5) is 0 Å². The van der Waals surface area contributed by atoms with Gasteiger partial charge in [-0.15, -0.1) is 13.2 Å². The van der Waals surface area contributed by atoms with Crippen LogP contribution in [0.15, 0.2) is 25.3 Å². The van der Waals surface area contributed by atoms with Crippen LogP contribution in [0, 0.1) is 11.8 Å². The summed E-state index contributed by atoms with van der Waals surface area (Å²) in [6.45, 7) is 15.3. The molecule has 41 heavy (non-hydrogen) atoms. The molecule has 1 aliphatic heterocycles. The third kappa shape index (κ3) is 11.4. The Morgan fingerprint density at radius 3 is 2.15 bits per heavy atom. The largest absolute Gasteiger partial charge is 0.383 e. The van der Waals surface area contributed by atoms with Gasteiger partial charge in [-0.05, 0) is 50.4 Å². The zero-order valence-electron chi connectivity index (χ0n) is 25.5. The molecule has 10 heteroatoms. The van der Waals surface area contributed by atoms with E-state index >= 15 is 0 Å². The monoisotopic (exact) mass is 576 g/mol. The molecule has 1 saturated carbocycles. The van der Waals surface area contributed by atoms with E-state index in [2.05, 4.69) is 43.0 Å². The van der Waals surface area contributed by atoms with Gasteiger partial charge in [0.25, 0.3) is 5.91 Å². The van der Waals surface area contributed by atoms with Crippen molar-refractivity contribution in [1.29, 1.82) is 0 Å². The molecular formula is C31H52N4O6. The molecule has 1 aliphatic carbocycles. The molecule has 0 aromatic carbocycles. The van der Waals surface area contributed by atoms with Crippen LogP contribution >= 0.6 is 0 Å². The molecule has 2 unspecified atom stereocenters. The Morgan fingerprint density at radius 1 is 0.951 bits per heavy atom. The Balaban J connectivity index is 0.00000268. The molecule has 0 aromatic heterocycles. The maximum absolute atomic E-state index is 13.8. The summed E-state index contributed by atoms with van der Waals surface area (Å²) in [5.74, 6) is -3.43. The van der Waals surface area contributed by atoms with Crippen LogP contribution in [0.1, 0.15) is 91.9 Å². The van der Waals surface area contributed by atoms with Gasteiger partial charge in [-0.3, -0.25) is 24.0 Å². The average molecular weight is 577 g/mol. The summed E-state index contributed by atoms with van der Waals surface area (Å²) in [6.07, 6.45) is 9.17. The highest BCUT2D eigenvalue weighted by atomic mass is 16.3. The minimum absolute atomic E-state index is 0.0839. The number of nitrogens with one attached hydrogen (secondary N) is 3. The first kappa shape index (κ1) is 36.0. The Labute approximate surface area is 245 Å². The molecule has 10 nitrogen and oxygen atoms in total. The molecule has 0 bridgehead atoms.